The van der Waals surface area contributed by atoms with Gasteiger partial charge in [0.2, 0.25) is 5.91 Å². The lowest BCUT2D eigenvalue weighted by Gasteiger charge is -2.33. The van der Waals surface area contributed by atoms with Crippen molar-refractivity contribution >= 4 is 11.9 Å². The zero-order valence-electron chi connectivity index (χ0n) is 10.8. The number of amides is 1. The van der Waals surface area contributed by atoms with Crippen LogP contribution in [0.1, 0.15) is 47.5 Å². The first-order chi connectivity index (χ1) is 7.19. The van der Waals surface area contributed by atoms with Gasteiger partial charge in [0, 0.05) is 6.92 Å². The van der Waals surface area contributed by atoms with E-state index in [-0.39, 0.29) is 17.7 Å². The molecule has 0 aliphatic rings. The van der Waals surface area contributed by atoms with Gasteiger partial charge in [0.1, 0.15) is 5.54 Å². The molecule has 16 heavy (non-hydrogen) atoms. The Morgan fingerprint density at radius 1 is 1.12 bits per heavy atom. The largest absolute Gasteiger partial charge is 0.480 e. The Bertz CT molecular complexity index is 249. The van der Waals surface area contributed by atoms with Crippen molar-refractivity contribution in [2.24, 2.45) is 11.8 Å². The molecule has 4 nitrogen and oxygen atoms in total. The summed E-state index contributed by atoms with van der Waals surface area (Å²) < 4.78 is 0. The van der Waals surface area contributed by atoms with E-state index in [2.05, 4.69) is 5.32 Å². The molecule has 0 atom stereocenters. The van der Waals surface area contributed by atoms with Crippen LogP contribution in [0.5, 0.6) is 0 Å². The van der Waals surface area contributed by atoms with Crippen LogP contribution in [0.25, 0.3) is 0 Å². The SMILES string of the molecule is CC(=O)NC(CC(C)C)(CC(C)C)C(=O)O. The van der Waals surface area contributed by atoms with Gasteiger partial charge >= 0.3 is 5.97 Å². The molecule has 0 radical (unpaired) electrons. The third kappa shape index (κ3) is 4.64. The Morgan fingerprint density at radius 2 is 1.50 bits per heavy atom. The predicted octanol–water partition coefficient (Wildman–Crippen LogP) is 2.04. The van der Waals surface area contributed by atoms with Gasteiger partial charge in [-0.05, 0) is 24.7 Å². The van der Waals surface area contributed by atoms with Gasteiger partial charge in [-0.3, -0.25) is 4.79 Å². The van der Waals surface area contributed by atoms with E-state index < -0.39 is 11.5 Å². The van der Waals surface area contributed by atoms with Crippen molar-refractivity contribution in [3.63, 3.8) is 0 Å². The van der Waals surface area contributed by atoms with Crippen LogP contribution in [0.15, 0.2) is 0 Å². The minimum Gasteiger partial charge on any atom is -0.480 e. The molecular weight excluding hydrogens is 206 g/mol. The van der Waals surface area contributed by atoms with Crippen LogP contribution < -0.4 is 5.32 Å². The molecule has 0 bridgehead atoms. The molecular formula is C12H23NO3. The van der Waals surface area contributed by atoms with Crippen LogP contribution in [0.4, 0.5) is 0 Å². The molecule has 0 spiro atoms. The van der Waals surface area contributed by atoms with Crippen LogP contribution >= 0.6 is 0 Å². The normalized spacial score (nSPS) is 11.9. The van der Waals surface area contributed by atoms with E-state index in [1.807, 2.05) is 27.7 Å². The quantitative estimate of drug-likeness (QED) is 0.732. The van der Waals surface area contributed by atoms with Gasteiger partial charge in [0.25, 0.3) is 0 Å². The number of carboxylic acids is 1. The topological polar surface area (TPSA) is 66.4 Å². The Morgan fingerprint density at radius 3 is 1.69 bits per heavy atom. The summed E-state index contributed by atoms with van der Waals surface area (Å²) in [5.74, 6) is -0.780. The number of nitrogens with one attached hydrogen (secondary N) is 1. The highest BCUT2D eigenvalue weighted by Crippen LogP contribution is 2.25. The molecule has 0 aromatic rings. The predicted molar refractivity (Wildman–Crippen MR) is 63.1 cm³/mol. The number of carbonyl (C=O) groups is 2. The highest BCUT2D eigenvalue weighted by Gasteiger charge is 2.40. The molecule has 0 aromatic carbocycles. The molecule has 0 saturated carbocycles. The Hall–Kier alpha value is -1.06. The standard InChI is InChI=1S/C12H23NO3/c1-8(2)6-12(11(15)16,7-9(3)4)13-10(5)14/h8-9H,6-7H2,1-5H3,(H,13,14)(H,15,16). The maximum Gasteiger partial charge on any atom is 0.329 e. The smallest absolute Gasteiger partial charge is 0.329 e. The first kappa shape index (κ1) is 14.9. The number of carbonyl (C=O) groups excluding carboxylic acids is 1. The number of hydrogen-bond acceptors (Lipinski definition) is 2. The molecule has 94 valence electrons. The molecule has 0 unspecified atom stereocenters. The number of rotatable bonds is 6. The zero-order chi connectivity index (χ0) is 12.9. The van der Waals surface area contributed by atoms with E-state index in [1.54, 1.807) is 0 Å². The fourth-order valence-corrected chi connectivity index (χ4v) is 2.14. The lowest BCUT2D eigenvalue weighted by Crippen LogP contribution is -2.55. The maximum absolute atomic E-state index is 11.4. The summed E-state index contributed by atoms with van der Waals surface area (Å²) in [4.78, 5) is 22.6. The third-order valence-corrected chi connectivity index (χ3v) is 2.34. The fourth-order valence-electron chi connectivity index (χ4n) is 2.14. The van der Waals surface area contributed by atoms with Gasteiger partial charge in [-0.1, -0.05) is 27.7 Å². The third-order valence-electron chi connectivity index (χ3n) is 2.34. The highest BCUT2D eigenvalue weighted by atomic mass is 16.4. The van der Waals surface area contributed by atoms with Gasteiger partial charge in [0.15, 0.2) is 0 Å². The summed E-state index contributed by atoms with van der Waals surface area (Å²) in [6.45, 7) is 9.19. The summed E-state index contributed by atoms with van der Waals surface area (Å²) in [5.41, 5.74) is -1.12. The van der Waals surface area contributed by atoms with Crippen molar-refractivity contribution in [3.8, 4) is 0 Å². The number of carboxylic acid groups (broad SMARTS) is 1. The van der Waals surface area contributed by atoms with Crippen LogP contribution in [-0.4, -0.2) is 22.5 Å². The Balaban J connectivity index is 5.03. The average Bonchev–Trinajstić information content (AvgIpc) is 1.98. The van der Waals surface area contributed by atoms with Crippen molar-refractivity contribution in [2.75, 3.05) is 0 Å². The molecule has 1 amide bonds. The molecule has 2 N–H and O–H groups in total. The Kier molecular flexibility index (Phi) is 5.48. The first-order valence-corrected chi connectivity index (χ1v) is 5.71. The summed E-state index contributed by atoms with van der Waals surface area (Å²) in [7, 11) is 0. The summed E-state index contributed by atoms with van der Waals surface area (Å²) >= 11 is 0. The molecule has 4 heteroatoms. The van der Waals surface area contributed by atoms with Crippen molar-refractivity contribution < 1.29 is 14.7 Å². The van der Waals surface area contributed by atoms with Gasteiger partial charge in [-0.15, -0.1) is 0 Å². The molecule has 0 aliphatic carbocycles. The zero-order valence-corrected chi connectivity index (χ0v) is 10.8. The van der Waals surface area contributed by atoms with Crippen molar-refractivity contribution in [3.05, 3.63) is 0 Å². The van der Waals surface area contributed by atoms with Crippen LogP contribution in [0, 0.1) is 11.8 Å². The fraction of sp³-hybridized carbons (Fsp3) is 0.833. The molecule has 0 saturated heterocycles. The molecule has 0 aromatic heterocycles. The van der Waals surface area contributed by atoms with Gasteiger partial charge in [-0.25, -0.2) is 4.79 Å². The minimum atomic E-state index is -1.12. The van der Waals surface area contributed by atoms with E-state index in [9.17, 15) is 14.7 Å². The van der Waals surface area contributed by atoms with Crippen molar-refractivity contribution in [1.82, 2.24) is 5.32 Å². The first-order valence-electron chi connectivity index (χ1n) is 5.71. The van der Waals surface area contributed by atoms with Crippen LogP contribution in [0.2, 0.25) is 0 Å². The van der Waals surface area contributed by atoms with Crippen molar-refractivity contribution in [1.29, 1.82) is 0 Å². The maximum atomic E-state index is 11.4. The molecule has 0 aliphatic heterocycles. The van der Waals surface area contributed by atoms with Crippen molar-refractivity contribution in [2.45, 2.75) is 53.0 Å². The number of hydrogen-bond donors (Lipinski definition) is 2. The lowest BCUT2D eigenvalue weighted by atomic mass is 9.81. The monoisotopic (exact) mass is 229 g/mol. The van der Waals surface area contributed by atoms with Gasteiger partial charge in [0.05, 0.1) is 0 Å². The minimum absolute atomic E-state index is 0.224. The molecule has 0 heterocycles. The average molecular weight is 229 g/mol. The van der Waals surface area contributed by atoms with Crippen LogP contribution in [0.3, 0.4) is 0 Å². The summed E-state index contributed by atoms with van der Waals surface area (Å²) in [6.07, 6.45) is 0.917. The second kappa shape index (κ2) is 5.87. The lowest BCUT2D eigenvalue weighted by molar-refractivity contribution is -0.149. The highest BCUT2D eigenvalue weighted by molar-refractivity contribution is 5.86. The van der Waals surface area contributed by atoms with Gasteiger partial charge < -0.3 is 10.4 Å². The van der Waals surface area contributed by atoms with E-state index >= 15 is 0 Å². The van der Waals surface area contributed by atoms with E-state index in [0.29, 0.717) is 12.8 Å². The van der Waals surface area contributed by atoms with E-state index in [4.69, 9.17) is 0 Å². The number of aliphatic carboxylic acids is 1. The Labute approximate surface area is 97.4 Å². The van der Waals surface area contributed by atoms with E-state index in [0.717, 1.165) is 0 Å². The summed E-state index contributed by atoms with van der Waals surface area (Å²) in [6, 6.07) is 0. The molecule has 0 rings (SSSR count). The van der Waals surface area contributed by atoms with E-state index in [1.165, 1.54) is 6.92 Å². The second-order valence-electron chi connectivity index (χ2n) is 5.26. The molecule has 0 fully saturated rings. The van der Waals surface area contributed by atoms with Gasteiger partial charge in [-0.2, -0.15) is 0 Å². The summed E-state index contributed by atoms with van der Waals surface area (Å²) in [5, 5.41) is 12.0. The van der Waals surface area contributed by atoms with Crippen LogP contribution in [-0.2, 0) is 9.59 Å². The second-order valence-corrected chi connectivity index (χ2v) is 5.26.